The number of carbonyl (C=O) groups is 2. The van der Waals surface area contributed by atoms with E-state index in [2.05, 4.69) is 83.1 Å². The number of amides is 2. The lowest BCUT2D eigenvalue weighted by atomic mass is 9.63. The first-order valence-electron chi connectivity index (χ1n) is 13.2. The van der Waals surface area contributed by atoms with Gasteiger partial charge in [-0.25, -0.2) is 0 Å². The Labute approximate surface area is 206 Å². The highest BCUT2D eigenvalue weighted by molar-refractivity contribution is 5.77. The minimum absolute atomic E-state index is 0.143. The Balaban J connectivity index is 6.24. The molecule has 0 aliphatic heterocycles. The van der Waals surface area contributed by atoms with E-state index in [0.29, 0.717) is 30.1 Å². The number of rotatable bonds is 13. The summed E-state index contributed by atoms with van der Waals surface area (Å²) in [7, 11) is 0. The molecule has 0 saturated carbocycles. The molecule has 4 N–H and O–H groups in total. The smallest absolute Gasteiger partial charge is 0.220 e. The van der Waals surface area contributed by atoms with Gasteiger partial charge < -0.3 is 11.5 Å². The maximum Gasteiger partial charge on any atom is 0.220 e. The molecule has 0 radical (unpaired) electrons. The topological polar surface area (TPSA) is 86.2 Å². The van der Waals surface area contributed by atoms with Crippen molar-refractivity contribution >= 4 is 11.8 Å². The monoisotopic (exact) mass is 466 g/mol. The zero-order valence-corrected chi connectivity index (χ0v) is 24.2. The van der Waals surface area contributed by atoms with Gasteiger partial charge in [0, 0.05) is 12.3 Å². The van der Waals surface area contributed by atoms with E-state index in [1.54, 1.807) is 0 Å². The molecule has 4 nitrogen and oxygen atoms in total. The van der Waals surface area contributed by atoms with Crippen LogP contribution in [0.25, 0.3) is 0 Å². The van der Waals surface area contributed by atoms with E-state index in [1.165, 1.54) is 0 Å². The number of carbonyl (C=O) groups excluding carboxylic acids is 2. The Morgan fingerprint density at radius 2 is 1.00 bits per heavy atom. The predicted octanol–water partition coefficient (Wildman–Crippen LogP) is 7.19. The Bertz CT molecular complexity index is 607. The molecule has 0 aromatic heterocycles. The van der Waals surface area contributed by atoms with Crippen molar-refractivity contribution in [1.82, 2.24) is 0 Å². The summed E-state index contributed by atoms with van der Waals surface area (Å²) in [6, 6.07) is 0. The van der Waals surface area contributed by atoms with Crippen LogP contribution in [-0.2, 0) is 9.59 Å². The van der Waals surface area contributed by atoms with Gasteiger partial charge in [0.15, 0.2) is 0 Å². The minimum Gasteiger partial charge on any atom is -0.370 e. The molecular weight excluding hydrogens is 408 g/mol. The van der Waals surface area contributed by atoms with Crippen molar-refractivity contribution in [1.29, 1.82) is 0 Å². The first-order chi connectivity index (χ1) is 14.6. The highest BCUT2D eigenvalue weighted by atomic mass is 16.1. The van der Waals surface area contributed by atoms with Crippen molar-refractivity contribution in [3.8, 4) is 0 Å². The summed E-state index contributed by atoms with van der Waals surface area (Å²) in [6.07, 6.45) is 5.09. The van der Waals surface area contributed by atoms with Gasteiger partial charge in [0.25, 0.3) is 0 Å². The fourth-order valence-electron chi connectivity index (χ4n) is 6.32. The fraction of sp³-hybridized carbons (Fsp3) is 0.931. The third-order valence-corrected chi connectivity index (χ3v) is 7.12. The van der Waals surface area contributed by atoms with Gasteiger partial charge in [-0.05, 0) is 77.9 Å². The standard InChI is InChI=1S/C29H58N2O2/c1-19(16-27(4,5)6)22(13-14-25(30)32)23(20(2)17-28(7,8)9)15-24(26(31)33)21(3)18-29(10,11)12/h19-24H,13-18H2,1-12H3,(H2,30,32)(H2,31,33). The van der Waals surface area contributed by atoms with Crippen molar-refractivity contribution < 1.29 is 9.59 Å². The molecule has 196 valence electrons. The second-order valence-corrected chi connectivity index (χ2v) is 14.8. The van der Waals surface area contributed by atoms with Crippen molar-refractivity contribution in [2.45, 2.75) is 122 Å². The molecule has 0 spiro atoms. The number of hydrogen-bond donors (Lipinski definition) is 2. The largest absolute Gasteiger partial charge is 0.370 e. The van der Waals surface area contributed by atoms with E-state index in [1.807, 2.05) is 0 Å². The molecule has 0 aliphatic carbocycles. The van der Waals surface area contributed by atoms with E-state index in [-0.39, 0.29) is 39.9 Å². The molecule has 6 atom stereocenters. The summed E-state index contributed by atoms with van der Waals surface area (Å²) >= 11 is 0. The van der Waals surface area contributed by atoms with Crippen LogP contribution in [0.3, 0.4) is 0 Å². The number of hydrogen-bond acceptors (Lipinski definition) is 2. The van der Waals surface area contributed by atoms with E-state index < -0.39 is 0 Å². The zero-order valence-electron chi connectivity index (χ0n) is 24.2. The summed E-state index contributed by atoms with van der Waals surface area (Å²) in [6.45, 7) is 27.2. The molecule has 0 aliphatic rings. The maximum atomic E-state index is 12.7. The van der Waals surface area contributed by atoms with Gasteiger partial charge >= 0.3 is 0 Å². The molecule has 0 aromatic carbocycles. The molecule has 0 heterocycles. The van der Waals surface area contributed by atoms with Crippen molar-refractivity contribution in [3.05, 3.63) is 0 Å². The third kappa shape index (κ3) is 14.1. The molecule has 4 heteroatoms. The Hall–Kier alpha value is -1.06. The molecule has 33 heavy (non-hydrogen) atoms. The van der Waals surface area contributed by atoms with E-state index in [0.717, 1.165) is 32.1 Å². The van der Waals surface area contributed by atoms with Gasteiger partial charge in [-0.15, -0.1) is 0 Å². The molecule has 0 saturated heterocycles. The molecule has 0 rings (SSSR count). The molecule has 0 fully saturated rings. The summed E-state index contributed by atoms with van der Waals surface area (Å²) in [5.74, 6) is 1.15. The highest BCUT2D eigenvalue weighted by Crippen LogP contribution is 2.45. The van der Waals surface area contributed by atoms with Crippen LogP contribution in [0.5, 0.6) is 0 Å². The van der Waals surface area contributed by atoms with Crippen LogP contribution in [0.15, 0.2) is 0 Å². The average molecular weight is 467 g/mol. The maximum absolute atomic E-state index is 12.7. The highest BCUT2D eigenvalue weighted by Gasteiger charge is 2.38. The van der Waals surface area contributed by atoms with Gasteiger partial charge in [0.1, 0.15) is 0 Å². The zero-order chi connectivity index (χ0) is 26.4. The van der Waals surface area contributed by atoms with Gasteiger partial charge in [-0.1, -0.05) is 83.1 Å². The van der Waals surface area contributed by atoms with Crippen LogP contribution in [0.4, 0.5) is 0 Å². The Morgan fingerprint density at radius 3 is 1.33 bits per heavy atom. The van der Waals surface area contributed by atoms with Gasteiger partial charge in [-0.3, -0.25) is 9.59 Å². The summed E-state index contributed by atoms with van der Waals surface area (Å²) < 4.78 is 0. The van der Waals surface area contributed by atoms with E-state index >= 15 is 0 Å². The van der Waals surface area contributed by atoms with Gasteiger partial charge in [0.2, 0.25) is 11.8 Å². The lowest BCUT2D eigenvalue weighted by Gasteiger charge is -2.42. The van der Waals surface area contributed by atoms with Crippen LogP contribution < -0.4 is 11.5 Å². The lowest BCUT2D eigenvalue weighted by Crippen LogP contribution is -2.38. The SMILES string of the molecule is CC(CC(C)(C)C)C(CC(C(C)CC(C)(C)C)C(CCC(N)=O)C(C)CC(C)(C)C)C(N)=O. The molecule has 0 aromatic rings. The normalized spacial score (nSPS) is 18.8. The van der Waals surface area contributed by atoms with Crippen molar-refractivity contribution in [2.24, 2.45) is 63.2 Å². The van der Waals surface area contributed by atoms with Crippen molar-refractivity contribution in [2.75, 3.05) is 0 Å². The van der Waals surface area contributed by atoms with Crippen LogP contribution in [0.1, 0.15) is 122 Å². The van der Waals surface area contributed by atoms with Crippen molar-refractivity contribution in [3.63, 3.8) is 0 Å². The van der Waals surface area contributed by atoms with Crippen LogP contribution in [0, 0.1) is 51.8 Å². The lowest BCUT2D eigenvalue weighted by molar-refractivity contribution is -0.125. The second-order valence-electron chi connectivity index (χ2n) is 14.8. The molecular formula is C29H58N2O2. The molecule has 2 amide bonds. The summed E-state index contributed by atoms with van der Waals surface area (Å²) in [4.78, 5) is 24.5. The fourth-order valence-corrected chi connectivity index (χ4v) is 6.32. The first-order valence-corrected chi connectivity index (χ1v) is 13.2. The molecule has 6 unspecified atom stereocenters. The average Bonchev–Trinajstić information content (AvgIpc) is 2.51. The van der Waals surface area contributed by atoms with Gasteiger partial charge in [0.05, 0.1) is 0 Å². The third-order valence-electron chi connectivity index (χ3n) is 7.12. The Kier molecular flexibility index (Phi) is 12.2. The summed E-state index contributed by atoms with van der Waals surface area (Å²) in [5.41, 5.74) is 12.2. The minimum atomic E-state index is -0.238. The Morgan fingerprint density at radius 1 is 0.636 bits per heavy atom. The van der Waals surface area contributed by atoms with Crippen LogP contribution in [0.2, 0.25) is 0 Å². The predicted molar refractivity (Wildman–Crippen MR) is 142 cm³/mol. The number of primary amides is 2. The van der Waals surface area contributed by atoms with Crippen LogP contribution in [-0.4, -0.2) is 11.8 Å². The van der Waals surface area contributed by atoms with E-state index in [4.69, 9.17) is 11.5 Å². The van der Waals surface area contributed by atoms with E-state index in [9.17, 15) is 9.59 Å². The van der Waals surface area contributed by atoms with Crippen LogP contribution >= 0.6 is 0 Å². The quantitative estimate of drug-likeness (QED) is 0.301. The van der Waals surface area contributed by atoms with Gasteiger partial charge in [-0.2, -0.15) is 0 Å². The molecule has 0 bridgehead atoms. The second kappa shape index (κ2) is 12.6. The first kappa shape index (κ1) is 31.9. The summed E-state index contributed by atoms with van der Waals surface area (Å²) in [5, 5.41) is 0. The number of nitrogens with two attached hydrogens (primary N) is 2.